The number of aromatic nitrogens is 2. The Kier molecular flexibility index (Phi) is 7.81. The summed E-state index contributed by atoms with van der Waals surface area (Å²) in [5.41, 5.74) is 7.30. The van der Waals surface area contributed by atoms with E-state index in [-0.39, 0.29) is 5.92 Å². The lowest BCUT2D eigenvalue weighted by molar-refractivity contribution is -0.137. The Hall–Kier alpha value is -3.35. The Morgan fingerprint density at radius 3 is 2.35 bits per heavy atom. The van der Waals surface area contributed by atoms with Crippen LogP contribution in [0.1, 0.15) is 35.4 Å². The molecule has 3 aromatic carbocycles. The Morgan fingerprint density at radius 1 is 0.875 bits per heavy atom. The molecule has 2 aliphatic rings. The van der Waals surface area contributed by atoms with Crippen molar-refractivity contribution in [3.05, 3.63) is 94.3 Å². The molecule has 7 heteroatoms. The van der Waals surface area contributed by atoms with Crippen molar-refractivity contribution in [2.24, 2.45) is 5.92 Å². The SMILES string of the molecule is Cc1cccc(C)c1N1CCN(C(=O)[C@H]2CCCN(Cc3nc4ccccc4n3Cc3ccc(Cl)cc3)C2)CC1. The van der Waals surface area contributed by atoms with Crippen LogP contribution in [0.5, 0.6) is 0 Å². The van der Waals surface area contributed by atoms with Crippen molar-refractivity contribution in [2.75, 3.05) is 44.2 Å². The molecule has 2 saturated heterocycles. The maximum Gasteiger partial charge on any atom is 0.227 e. The summed E-state index contributed by atoms with van der Waals surface area (Å²) in [4.78, 5) is 25.7. The number of nitrogens with zero attached hydrogens (tertiary/aromatic N) is 5. The van der Waals surface area contributed by atoms with E-state index < -0.39 is 0 Å². The molecule has 0 bridgehead atoms. The highest BCUT2D eigenvalue weighted by atomic mass is 35.5. The number of anilines is 1. The highest BCUT2D eigenvalue weighted by Crippen LogP contribution is 2.28. The third-order valence-electron chi connectivity index (χ3n) is 8.55. The van der Waals surface area contributed by atoms with E-state index >= 15 is 0 Å². The fraction of sp³-hybridized carbons (Fsp3) is 0.394. The molecule has 4 aromatic rings. The molecule has 6 nitrogen and oxygen atoms in total. The van der Waals surface area contributed by atoms with Gasteiger partial charge in [0.2, 0.25) is 5.91 Å². The van der Waals surface area contributed by atoms with E-state index in [0.717, 1.165) is 87.1 Å². The van der Waals surface area contributed by atoms with Gasteiger partial charge < -0.3 is 14.4 Å². The summed E-state index contributed by atoms with van der Waals surface area (Å²) < 4.78 is 2.32. The number of para-hydroxylation sites is 3. The summed E-state index contributed by atoms with van der Waals surface area (Å²) in [6, 6.07) is 22.9. The quantitative estimate of drug-likeness (QED) is 0.296. The molecule has 6 rings (SSSR count). The molecule has 1 aromatic heterocycles. The van der Waals surface area contributed by atoms with E-state index in [9.17, 15) is 4.79 Å². The number of rotatable bonds is 6. The molecule has 0 spiro atoms. The van der Waals surface area contributed by atoms with Crippen LogP contribution in [0.15, 0.2) is 66.7 Å². The third-order valence-corrected chi connectivity index (χ3v) is 8.81. The number of carbonyl (C=O) groups is 1. The minimum Gasteiger partial charge on any atom is -0.368 e. The van der Waals surface area contributed by atoms with Gasteiger partial charge in [0.15, 0.2) is 0 Å². The molecule has 0 N–H and O–H groups in total. The molecule has 208 valence electrons. The van der Waals surface area contributed by atoms with Crippen LogP contribution in [0, 0.1) is 19.8 Å². The first-order valence-electron chi connectivity index (χ1n) is 14.5. The third kappa shape index (κ3) is 5.61. The molecule has 1 atom stereocenters. The number of hydrogen-bond acceptors (Lipinski definition) is 4. The zero-order valence-electron chi connectivity index (χ0n) is 23.5. The number of hydrogen-bond donors (Lipinski definition) is 0. The number of carbonyl (C=O) groups excluding carboxylic acids is 1. The summed E-state index contributed by atoms with van der Waals surface area (Å²) in [5, 5.41) is 0.746. The first kappa shape index (κ1) is 26.9. The van der Waals surface area contributed by atoms with E-state index in [0.29, 0.717) is 5.91 Å². The highest BCUT2D eigenvalue weighted by molar-refractivity contribution is 6.30. The Bertz CT molecular complexity index is 1470. The Labute approximate surface area is 242 Å². The van der Waals surface area contributed by atoms with E-state index in [1.165, 1.54) is 22.4 Å². The van der Waals surface area contributed by atoms with Gasteiger partial charge in [0.05, 0.1) is 23.5 Å². The second kappa shape index (κ2) is 11.6. The topological polar surface area (TPSA) is 44.6 Å². The van der Waals surface area contributed by atoms with E-state index in [4.69, 9.17) is 16.6 Å². The molecule has 1 amide bonds. The van der Waals surface area contributed by atoms with E-state index in [2.05, 4.69) is 81.6 Å². The zero-order chi connectivity index (χ0) is 27.6. The molecule has 2 aliphatic heterocycles. The summed E-state index contributed by atoms with van der Waals surface area (Å²) >= 11 is 6.13. The van der Waals surface area contributed by atoms with Gasteiger partial charge in [0.25, 0.3) is 0 Å². The smallest absolute Gasteiger partial charge is 0.227 e. The molecule has 0 unspecified atom stereocenters. The zero-order valence-corrected chi connectivity index (χ0v) is 24.3. The average Bonchev–Trinajstić information content (AvgIpc) is 3.30. The second-order valence-corrected chi connectivity index (χ2v) is 11.8. The second-order valence-electron chi connectivity index (χ2n) is 11.4. The predicted octanol–water partition coefficient (Wildman–Crippen LogP) is 5.92. The van der Waals surface area contributed by atoms with Crippen molar-refractivity contribution >= 4 is 34.2 Å². The van der Waals surface area contributed by atoms with Gasteiger partial charge in [-0.1, -0.05) is 54.1 Å². The largest absolute Gasteiger partial charge is 0.368 e. The van der Waals surface area contributed by atoms with Crippen LogP contribution in [0.4, 0.5) is 5.69 Å². The van der Waals surface area contributed by atoms with Crippen LogP contribution in [-0.4, -0.2) is 64.5 Å². The Balaban J connectivity index is 1.12. The number of amides is 1. The van der Waals surface area contributed by atoms with Crippen molar-refractivity contribution in [1.29, 1.82) is 0 Å². The van der Waals surface area contributed by atoms with Crippen molar-refractivity contribution in [3.63, 3.8) is 0 Å². The molecular weight excluding hydrogens is 518 g/mol. The van der Waals surface area contributed by atoms with Crippen LogP contribution >= 0.6 is 11.6 Å². The minimum atomic E-state index is 0.0505. The fourth-order valence-corrected chi connectivity index (χ4v) is 6.63. The summed E-state index contributed by atoms with van der Waals surface area (Å²) in [6.45, 7) is 11.0. The number of piperidine rings is 1. The van der Waals surface area contributed by atoms with Gasteiger partial charge in [-0.25, -0.2) is 4.98 Å². The maximum atomic E-state index is 13.7. The summed E-state index contributed by atoms with van der Waals surface area (Å²) in [7, 11) is 0. The Morgan fingerprint density at radius 2 is 1.60 bits per heavy atom. The fourth-order valence-electron chi connectivity index (χ4n) is 6.51. The maximum absolute atomic E-state index is 13.7. The molecule has 40 heavy (non-hydrogen) atoms. The normalized spacial score (nSPS) is 18.4. The van der Waals surface area contributed by atoms with E-state index in [1.54, 1.807) is 0 Å². The first-order valence-corrected chi connectivity index (χ1v) is 14.8. The van der Waals surface area contributed by atoms with Gasteiger partial charge in [-0.2, -0.15) is 0 Å². The van der Waals surface area contributed by atoms with Gasteiger partial charge in [0.1, 0.15) is 5.82 Å². The lowest BCUT2D eigenvalue weighted by atomic mass is 9.96. The predicted molar refractivity (Wildman–Crippen MR) is 163 cm³/mol. The first-order chi connectivity index (χ1) is 19.5. The number of halogens is 1. The number of fused-ring (bicyclic) bond motifs is 1. The van der Waals surface area contributed by atoms with Gasteiger partial charge in [0, 0.05) is 50.0 Å². The van der Waals surface area contributed by atoms with Gasteiger partial charge in [-0.15, -0.1) is 0 Å². The molecule has 3 heterocycles. The molecule has 2 fully saturated rings. The number of benzene rings is 3. The van der Waals surface area contributed by atoms with Crippen LogP contribution in [0.3, 0.4) is 0 Å². The number of piperazine rings is 1. The van der Waals surface area contributed by atoms with Crippen molar-refractivity contribution in [2.45, 2.75) is 39.8 Å². The highest BCUT2D eigenvalue weighted by Gasteiger charge is 2.32. The lowest BCUT2D eigenvalue weighted by Gasteiger charge is -2.40. The van der Waals surface area contributed by atoms with E-state index in [1.807, 2.05) is 18.2 Å². The molecule has 0 saturated carbocycles. The lowest BCUT2D eigenvalue weighted by Crippen LogP contribution is -2.52. The minimum absolute atomic E-state index is 0.0505. The average molecular weight is 556 g/mol. The molecule has 0 radical (unpaired) electrons. The van der Waals surface area contributed by atoms with Crippen LogP contribution in [-0.2, 0) is 17.9 Å². The number of imidazole rings is 1. The number of likely N-dealkylation sites (tertiary alicyclic amines) is 1. The van der Waals surface area contributed by atoms with Gasteiger partial charge >= 0.3 is 0 Å². The summed E-state index contributed by atoms with van der Waals surface area (Å²) in [6.07, 6.45) is 2.00. The number of aryl methyl sites for hydroxylation is 2. The van der Waals surface area contributed by atoms with Crippen molar-refractivity contribution in [3.8, 4) is 0 Å². The molecular formula is C33H38ClN5O. The van der Waals surface area contributed by atoms with Gasteiger partial charge in [-0.3, -0.25) is 9.69 Å². The molecule has 0 aliphatic carbocycles. The van der Waals surface area contributed by atoms with Crippen LogP contribution in [0.25, 0.3) is 11.0 Å². The van der Waals surface area contributed by atoms with Gasteiger partial charge in [-0.05, 0) is 74.2 Å². The van der Waals surface area contributed by atoms with Crippen molar-refractivity contribution in [1.82, 2.24) is 19.4 Å². The van der Waals surface area contributed by atoms with Crippen LogP contribution in [0.2, 0.25) is 5.02 Å². The van der Waals surface area contributed by atoms with Crippen LogP contribution < -0.4 is 4.90 Å². The summed E-state index contributed by atoms with van der Waals surface area (Å²) in [5.74, 6) is 1.42. The standard InChI is InChI=1S/C33H38ClN5O/c1-24-7-5-8-25(2)32(24)37-17-19-38(20-18-37)33(40)27-9-6-16-36(22-27)23-31-35-29-10-3-4-11-30(29)39(31)21-26-12-14-28(34)15-13-26/h3-5,7-8,10-15,27H,6,9,16-23H2,1-2H3/t27-/m0/s1. The monoisotopic (exact) mass is 555 g/mol. The van der Waals surface area contributed by atoms with Crippen molar-refractivity contribution < 1.29 is 4.79 Å².